The second-order valence-corrected chi connectivity index (χ2v) is 5.61. The van der Waals surface area contributed by atoms with Crippen molar-refractivity contribution in [2.45, 2.75) is 26.3 Å². The Balaban J connectivity index is 2.32. The van der Waals surface area contributed by atoms with Gasteiger partial charge in [-0.15, -0.1) is 0 Å². The quantitative estimate of drug-likeness (QED) is 0.547. The van der Waals surface area contributed by atoms with Crippen molar-refractivity contribution < 1.29 is 0 Å². The third kappa shape index (κ3) is 1.96. The molecule has 1 nitrogen and oxygen atoms in total. The standard InChI is InChI=1S/C8H17NSi/c1-3-8-10(2)9-6-4-5-7-9/h3,8,10H,4-7H2,1-2H3. The van der Waals surface area contributed by atoms with Gasteiger partial charge in [0.2, 0.25) is 0 Å². The molecule has 0 radical (unpaired) electrons. The van der Waals surface area contributed by atoms with E-state index in [0.29, 0.717) is 0 Å². The Labute approximate surface area is 65.4 Å². The number of nitrogens with zero attached hydrogens (tertiary/aromatic N) is 1. The Bertz CT molecular complexity index is 116. The van der Waals surface area contributed by atoms with Crippen molar-refractivity contribution >= 4 is 8.96 Å². The molecule has 0 aliphatic carbocycles. The van der Waals surface area contributed by atoms with E-state index in [2.05, 4.69) is 29.8 Å². The van der Waals surface area contributed by atoms with Gasteiger partial charge in [0.25, 0.3) is 0 Å². The summed E-state index contributed by atoms with van der Waals surface area (Å²) in [5.41, 5.74) is 2.41. The first-order valence-electron chi connectivity index (χ1n) is 4.21. The minimum Gasteiger partial charge on any atom is -0.323 e. The zero-order valence-corrected chi connectivity index (χ0v) is 8.16. The highest BCUT2D eigenvalue weighted by molar-refractivity contribution is 6.59. The molecule has 0 amide bonds. The largest absolute Gasteiger partial charge is 0.323 e. The average Bonchev–Trinajstić information content (AvgIpc) is 2.38. The van der Waals surface area contributed by atoms with Crippen LogP contribution >= 0.6 is 0 Å². The Morgan fingerprint density at radius 3 is 2.40 bits per heavy atom. The highest BCUT2D eigenvalue weighted by Gasteiger charge is 2.15. The third-order valence-corrected chi connectivity index (χ3v) is 4.80. The number of allylic oxidation sites excluding steroid dienone is 1. The first-order chi connectivity index (χ1) is 4.84. The molecule has 1 fully saturated rings. The first kappa shape index (κ1) is 8.02. The molecule has 1 aliphatic rings. The molecule has 1 unspecified atom stereocenters. The number of rotatable bonds is 2. The van der Waals surface area contributed by atoms with Crippen molar-refractivity contribution in [2.24, 2.45) is 0 Å². The Kier molecular flexibility index (Phi) is 3.16. The fourth-order valence-electron chi connectivity index (χ4n) is 1.55. The summed E-state index contributed by atoms with van der Waals surface area (Å²) in [6.45, 7) is 7.25. The maximum absolute atomic E-state index is 2.67. The van der Waals surface area contributed by atoms with E-state index >= 15 is 0 Å². The van der Waals surface area contributed by atoms with Gasteiger partial charge in [-0.1, -0.05) is 18.3 Å². The molecule has 1 atom stereocenters. The molecular weight excluding hydrogens is 138 g/mol. The average molecular weight is 155 g/mol. The van der Waals surface area contributed by atoms with Crippen molar-refractivity contribution in [3.63, 3.8) is 0 Å². The molecule has 0 saturated carbocycles. The topological polar surface area (TPSA) is 3.24 Å². The van der Waals surface area contributed by atoms with Crippen LogP contribution in [0.1, 0.15) is 19.8 Å². The molecule has 1 saturated heterocycles. The van der Waals surface area contributed by atoms with Crippen LogP contribution in [0.25, 0.3) is 0 Å². The molecule has 1 rings (SSSR count). The van der Waals surface area contributed by atoms with Gasteiger partial charge in [-0.25, -0.2) is 0 Å². The van der Waals surface area contributed by atoms with Crippen LogP contribution in [0.4, 0.5) is 0 Å². The lowest BCUT2D eigenvalue weighted by Gasteiger charge is -2.18. The fourth-order valence-corrected chi connectivity index (χ4v) is 3.53. The molecule has 0 bridgehead atoms. The monoisotopic (exact) mass is 155 g/mol. The number of hydrogen-bond acceptors (Lipinski definition) is 1. The molecular formula is C8H17NSi. The summed E-state index contributed by atoms with van der Waals surface area (Å²) < 4.78 is 2.67. The van der Waals surface area contributed by atoms with Gasteiger partial charge in [0.1, 0.15) is 8.96 Å². The molecule has 0 spiro atoms. The Morgan fingerprint density at radius 2 is 1.90 bits per heavy atom. The second-order valence-electron chi connectivity index (χ2n) is 3.01. The molecule has 0 N–H and O–H groups in total. The predicted octanol–water partition coefficient (Wildman–Crippen LogP) is 1.55. The molecule has 0 aromatic carbocycles. The van der Waals surface area contributed by atoms with E-state index in [9.17, 15) is 0 Å². The molecule has 1 heterocycles. The van der Waals surface area contributed by atoms with E-state index in [0.717, 1.165) is 0 Å². The van der Waals surface area contributed by atoms with Gasteiger partial charge in [-0.3, -0.25) is 0 Å². The van der Waals surface area contributed by atoms with Gasteiger partial charge in [0.05, 0.1) is 0 Å². The van der Waals surface area contributed by atoms with Crippen LogP contribution in [-0.4, -0.2) is 26.6 Å². The zero-order chi connectivity index (χ0) is 7.40. The van der Waals surface area contributed by atoms with Crippen molar-refractivity contribution in [3.05, 3.63) is 11.8 Å². The van der Waals surface area contributed by atoms with E-state index in [-0.39, 0.29) is 0 Å². The lowest BCUT2D eigenvalue weighted by molar-refractivity contribution is 0.544. The smallest absolute Gasteiger partial charge is 0.132 e. The lowest BCUT2D eigenvalue weighted by atomic mass is 10.4. The zero-order valence-electron chi connectivity index (χ0n) is 7.01. The summed E-state index contributed by atoms with van der Waals surface area (Å²) in [6, 6.07) is 0. The van der Waals surface area contributed by atoms with Gasteiger partial charge in [-0.05, 0) is 32.9 Å². The second kappa shape index (κ2) is 3.94. The summed E-state index contributed by atoms with van der Waals surface area (Å²) in [6.07, 6.45) is 5.05. The normalized spacial score (nSPS) is 24.2. The predicted molar refractivity (Wildman–Crippen MR) is 48.6 cm³/mol. The molecule has 2 heteroatoms. The van der Waals surface area contributed by atoms with Crippen LogP contribution in [0.3, 0.4) is 0 Å². The summed E-state index contributed by atoms with van der Waals surface area (Å²) in [4.78, 5) is 0. The van der Waals surface area contributed by atoms with Gasteiger partial charge in [0.15, 0.2) is 0 Å². The van der Waals surface area contributed by atoms with E-state index in [1.807, 2.05) is 0 Å². The first-order valence-corrected chi connectivity index (χ1v) is 6.55. The van der Waals surface area contributed by atoms with Crippen molar-refractivity contribution in [1.82, 2.24) is 4.57 Å². The summed E-state index contributed by atoms with van der Waals surface area (Å²) in [5.74, 6) is 0. The van der Waals surface area contributed by atoms with Crippen LogP contribution in [0, 0.1) is 0 Å². The van der Waals surface area contributed by atoms with E-state index in [1.54, 1.807) is 0 Å². The lowest BCUT2D eigenvalue weighted by Crippen LogP contribution is -2.32. The third-order valence-electron chi connectivity index (χ3n) is 2.19. The summed E-state index contributed by atoms with van der Waals surface area (Å²) in [5, 5.41) is 0. The fraction of sp³-hybridized carbons (Fsp3) is 0.750. The molecule has 58 valence electrons. The molecule has 0 aromatic heterocycles. The van der Waals surface area contributed by atoms with Crippen molar-refractivity contribution in [3.8, 4) is 0 Å². The Hall–Kier alpha value is -0.0831. The Morgan fingerprint density at radius 1 is 1.30 bits per heavy atom. The van der Waals surface area contributed by atoms with Gasteiger partial charge in [-0.2, -0.15) is 0 Å². The van der Waals surface area contributed by atoms with E-state index < -0.39 is 8.96 Å². The van der Waals surface area contributed by atoms with Crippen LogP contribution < -0.4 is 0 Å². The highest BCUT2D eigenvalue weighted by atomic mass is 28.3. The minimum atomic E-state index is -0.602. The maximum Gasteiger partial charge on any atom is 0.132 e. The van der Waals surface area contributed by atoms with Crippen molar-refractivity contribution in [2.75, 3.05) is 13.1 Å². The molecule has 1 aliphatic heterocycles. The van der Waals surface area contributed by atoms with Crippen LogP contribution in [0.2, 0.25) is 6.55 Å². The SMILES string of the molecule is CC=C[SiH](C)N1CCCC1. The molecule has 10 heavy (non-hydrogen) atoms. The van der Waals surface area contributed by atoms with E-state index in [4.69, 9.17) is 0 Å². The van der Waals surface area contributed by atoms with Crippen molar-refractivity contribution in [1.29, 1.82) is 0 Å². The van der Waals surface area contributed by atoms with Gasteiger partial charge < -0.3 is 4.57 Å². The van der Waals surface area contributed by atoms with Gasteiger partial charge in [0, 0.05) is 0 Å². The van der Waals surface area contributed by atoms with Gasteiger partial charge >= 0.3 is 0 Å². The minimum absolute atomic E-state index is 0.602. The molecule has 0 aromatic rings. The summed E-state index contributed by atoms with van der Waals surface area (Å²) in [7, 11) is -0.602. The van der Waals surface area contributed by atoms with Crippen LogP contribution in [-0.2, 0) is 0 Å². The summed E-state index contributed by atoms with van der Waals surface area (Å²) >= 11 is 0. The van der Waals surface area contributed by atoms with Crippen LogP contribution in [0.15, 0.2) is 11.8 Å². The highest BCUT2D eigenvalue weighted by Crippen LogP contribution is 2.09. The van der Waals surface area contributed by atoms with Crippen LogP contribution in [0.5, 0.6) is 0 Å². The van der Waals surface area contributed by atoms with E-state index in [1.165, 1.54) is 25.9 Å². The maximum atomic E-state index is 2.67. The number of hydrogen-bond donors (Lipinski definition) is 0.